The van der Waals surface area contributed by atoms with Gasteiger partial charge in [0.05, 0.1) is 23.3 Å². The van der Waals surface area contributed by atoms with Crippen molar-refractivity contribution in [2.24, 2.45) is 0 Å². The summed E-state index contributed by atoms with van der Waals surface area (Å²) in [6, 6.07) is 3.58. The van der Waals surface area contributed by atoms with E-state index in [2.05, 4.69) is 0 Å². The van der Waals surface area contributed by atoms with Gasteiger partial charge < -0.3 is 70.4 Å². The first-order valence-corrected chi connectivity index (χ1v) is 12.2. The smallest absolute Gasteiger partial charge is 0.339 e. The number of benzene rings is 3. The Labute approximate surface area is 250 Å². The molecule has 18 heteroatoms. The van der Waals surface area contributed by atoms with Crippen LogP contribution in [0.1, 0.15) is 31.1 Å². The second-order valence-corrected chi connectivity index (χ2v) is 9.09. The third kappa shape index (κ3) is 7.27. The van der Waals surface area contributed by atoms with Crippen molar-refractivity contribution in [3.8, 4) is 51.7 Å². The van der Waals surface area contributed by atoms with Crippen LogP contribution in [0.3, 0.4) is 0 Å². The Morgan fingerprint density at radius 3 is 1.13 bits per heavy atom. The largest absolute Gasteiger partial charge is 0.504 e. The van der Waals surface area contributed by atoms with E-state index in [4.69, 9.17) is 14.2 Å². The molecule has 0 aliphatic heterocycles. The van der Waals surface area contributed by atoms with Gasteiger partial charge in [0.2, 0.25) is 0 Å². The molecule has 0 fully saturated rings. The van der Waals surface area contributed by atoms with Crippen LogP contribution in [0.2, 0.25) is 0 Å². The van der Waals surface area contributed by atoms with Crippen LogP contribution in [-0.4, -0.2) is 111 Å². The molecule has 0 radical (unpaired) electrons. The van der Waals surface area contributed by atoms with Gasteiger partial charge in [-0.05, 0) is 36.4 Å². The standard InChI is InChI=1S/C27H24O18/c28-7-18(36)23(44-26(41)10-3-14(32)21(38)15(33)4-10)24(45-27(42)11-5-16(34)22(39)17(35)6-11)19(8-29)43-25(40)9-1-12(30)20(37)13(31)2-9/h1-6,8,18-19,23-24,28,30-39H,7H2/t18-,19+,23-,24-/m1/s1. The first-order valence-electron chi connectivity index (χ1n) is 12.2. The van der Waals surface area contributed by atoms with Crippen LogP contribution < -0.4 is 0 Å². The lowest BCUT2D eigenvalue weighted by Gasteiger charge is -2.32. The predicted octanol–water partition coefficient (Wildman–Crippen LogP) is -0.434. The third-order valence-electron chi connectivity index (χ3n) is 5.99. The van der Waals surface area contributed by atoms with E-state index < -0.39 is 117 Å². The summed E-state index contributed by atoms with van der Waals surface area (Å²) in [6.45, 7) is -1.27. The highest BCUT2D eigenvalue weighted by Crippen LogP contribution is 2.38. The lowest BCUT2D eigenvalue weighted by atomic mass is 10.0. The van der Waals surface area contributed by atoms with Crippen LogP contribution in [0, 0.1) is 0 Å². The number of aldehydes is 1. The van der Waals surface area contributed by atoms with Crippen LogP contribution in [-0.2, 0) is 19.0 Å². The number of ether oxygens (including phenoxy) is 3. The zero-order valence-corrected chi connectivity index (χ0v) is 22.3. The Kier molecular flexibility index (Phi) is 9.97. The Morgan fingerprint density at radius 1 is 0.556 bits per heavy atom. The molecule has 0 aliphatic rings. The van der Waals surface area contributed by atoms with Gasteiger partial charge in [-0.1, -0.05) is 0 Å². The number of phenolic OH excluding ortho intramolecular Hbond substituents is 9. The Bertz CT molecular complexity index is 1560. The van der Waals surface area contributed by atoms with Gasteiger partial charge in [-0.2, -0.15) is 0 Å². The van der Waals surface area contributed by atoms with E-state index in [0.717, 1.165) is 0 Å². The van der Waals surface area contributed by atoms with E-state index in [0.29, 0.717) is 36.4 Å². The van der Waals surface area contributed by atoms with E-state index in [9.17, 15) is 75.3 Å². The van der Waals surface area contributed by atoms with Crippen LogP contribution in [0.15, 0.2) is 36.4 Å². The lowest BCUT2D eigenvalue weighted by Crippen LogP contribution is -2.52. The van der Waals surface area contributed by atoms with E-state index in [1.165, 1.54) is 0 Å². The minimum atomic E-state index is -2.40. The molecular weight excluding hydrogens is 612 g/mol. The van der Waals surface area contributed by atoms with Crippen molar-refractivity contribution >= 4 is 24.2 Å². The van der Waals surface area contributed by atoms with Crippen molar-refractivity contribution in [3.63, 3.8) is 0 Å². The third-order valence-corrected chi connectivity index (χ3v) is 5.99. The van der Waals surface area contributed by atoms with Gasteiger partial charge >= 0.3 is 17.9 Å². The number of hydrogen-bond donors (Lipinski definition) is 11. The molecule has 0 saturated heterocycles. The summed E-state index contributed by atoms with van der Waals surface area (Å²) in [6.07, 6.45) is -9.53. The number of carbonyl (C=O) groups is 4. The Balaban J connectivity index is 2.08. The number of esters is 3. The average molecular weight is 636 g/mol. The van der Waals surface area contributed by atoms with Gasteiger partial charge in [0.15, 0.2) is 76.3 Å². The Morgan fingerprint density at radius 2 is 0.844 bits per heavy atom. The minimum absolute atomic E-state index is 0.190. The Hall–Kier alpha value is -6.14. The summed E-state index contributed by atoms with van der Waals surface area (Å²) in [5.41, 5.74) is -2.08. The topological polar surface area (TPSA) is 318 Å². The molecule has 45 heavy (non-hydrogen) atoms. The quantitative estimate of drug-likeness (QED) is 0.0550. The van der Waals surface area contributed by atoms with Crippen LogP contribution in [0.5, 0.6) is 51.7 Å². The number of aliphatic hydroxyl groups excluding tert-OH is 2. The highest BCUT2D eigenvalue weighted by Gasteiger charge is 2.43. The molecule has 11 N–H and O–H groups in total. The molecule has 0 saturated carbocycles. The maximum atomic E-state index is 13.0. The van der Waals surface area contributed by atoms with Crippen LogP contribution in [0.25, 0.3) is 0 Å². The van der Waals surface area contributed by atoms with Gasteiger partial charge in [-0.15, -0.1) is 0 Å². The van der Waals surface area contributed by atoms with Crippen molar-refractivity contribution < 1.29 is 89.6 Å². The summed E-state index contributed by atoms with van der Waals surface area (Å²) >= 11 is 0. The normalized spacial score (nSPS) is 13.6. The molecule has 0 aliphatic carbocycles. The first-order chi connectivity index (χ1) is 21.1. The summed E-state index contributed by atoms with van der Waals surface area (Å²) in [5, 5.41) is 107. The highest BCUT2D eigenvalue weighted by molar-refractivity contribution is 5.94. The maximum Gasteiger partial charge on any atom is 0.339 e. The minimum Gasteiger partial charge on any atom is -0.504 e. The molecule has 0 amide bonds. The van der Waals surface area contributed by atoms with Crippen molar-refractivity contribution in [1.82, 2.24) is 0 Å². The van der Waals surface area contributed by atoms with Gasteiger partial charge in [0, 0.05) is 0 Å². The predicted molar refractivity (Wildman–Crippen MR) is 141 cm³/mol. The lowest BCUT2D eigenvalue weighted by molar-refractivity contribution is -0.141. The van der Waals surface area contributed by atoms with Crippen LogP contribution >= 0.6 is 0 Å². The van der Waals surface area contributed by atoms with Crippen molar-refractivity contribution in [3.05, 3.63) is 53.1 Å². The zero-order valence-electron chi connectivity index (χ0n) is 22.3. The number of rotatable bonds is 11. The second kappa shape index (κ2) is 13.4. The van der Waals surface area contributed by atoms with Crippen molar-refractivity contribution in [2.75, 3.05) is 6.61 Å². The number of hydrogen-bond acceptors (Lipinski definition) is 18. The van der Waals surface area contributed by atoms with Crippen LogP contribution in [0.4, 0.5) is 0 Å². The SMILES string of the molecule is O=C[C@H](OC(=O)c1cc(O)c(O)c(O)c1)[C@@H](OC(=O)c1cc(O)c(O)c(O)c1)[C@H](OC(=O)c1cc(O)c(O)c(O)c1)[C@H](O)CO. The molecule has 0 unspecified atom stereocenters. The molecule has 0 heterocycles. The van der Waals surface area contributed by atoms with E-state index >= 15 is 0 Å². The molecule has 240 valence electrons. The maximum absolute atomic E-state index is 13.0. The molecule has 4 atom stereocenters. The van der Waals surface area contributed by atoms with Gasteiger partial charge in [-0.3, -0.25) is 4.79 Å². The summed E-state index contributed by atoms with van der Waals surface area (Å²) < 4.78 is 15.2. The molecule has 3 rings (SSSR count). The number of phenols is 9. The zero-order chi connectivity index (χ0) is 33.7. The second-order valence-electron chi connectivity index (χ2n) is 9.09. The molecule has 0 bridgehead atoms. The fourth-order valence-corrected chi connectivity index (χ4v) is 3.70. The van der Waals surface area contributed by atoms with E-state index in [1.807, 2.05) is 0 Å². The fourth-order valence-electron chi connectivity index (χ4n) is 3.70. The van der Waals surface area contributed by atoms with Crippen molar-refractivity contribution in [1.29, 1.82) is 0 Å². The average Bonchev–Trinajstić information content (AvgIpc) is 3.00. The summed E-state index contributed by atoms with van der Waals surface area (Å²) in [4.78, 5) is 50.9. The molecule has 0 spiro atoms. The fraction of sp³-hybridized carbons (Fsp3) is 0.185. The van der Waals surface area contributed by atoms with Gasteiger partial charge in [0.1, 0.15) is 6.10 Å². The van der Waals surface area contributed by atoms with E-state index in [1.54, 1.807) is 0 Å². The van der Waals surface area contributed by atoms with Gasteiger partial charge in [-0.25, -0.2) is 14.4 Å². The first kappa shape index (κ1) is 33.4. The van der Waals surface area contributed by atoms with Crippen molar-refractivity contribution in [2.45, 2.75) is 24.4 Å². The number of aromatic hydroxyl groups is 9. The van der Waals surface area contributed by atoms with Gasteiger partial charge in [0.25, 0.3) is 0 Å². The summed E-state index contributed by atoms with van der Waals surface area (Å²) in [7, 11) is 0. The molecule has 0 aromatic heterocycles. The molecule has 3 aromatic rings. The molecule has 3 aromatic carbocycles. The highest BCUT2D eigenvalue weighted by atomic mass is 16.6. The molecule has 18 nitrogen and oxygen atoms in total. The number of carbonyl (C=O) groups excluding carboxylic acids is 4. The summed E-state index contributed by atoms with van der Waals surface area (Å²) in [5.74, 6) is -13.8. The number of aliphatic hydroxyl groups is 2. The van der Waals surface area contributed by atoms with E-state index in [-0.39, 0.29) is 6.29 Å². The monoisotopic (exact) mass is 636 g/mol. The molecular formula is C27H24O18.